The number of benzene rings is 7. The van der Waals surface area contributed by atoms with E-state index in [4.69, 9.17) is 0 Å². The normalized spacial score (nSPS) is 11.1. The summed E-state index contributed by atoms with van der Waals surface area (Å²) in [6, 6.07) is 57.8. The summed E-state index contributed by atoms with van der Waals surface area (Å²) >= 11 is 0. The monoisotopic (exact) mass is 635 g/mol. The van der Waals surface area contributed by atoms with Crippen molar-refractivity contribution in [1.82, 2.24) is 9.13 Å². The molecule has 5 nitrogen and oxygen atoms in total. The van der Waals surface area contributed by atoms with Gasteiger partial charge < -0.3 is 9.13 Å². The standard InChI is InChI=1S/C45H25N5/c46-26-29-19-22-43-39(23-29)37-13-2-5-16-41(37)49(43)34-20-21-35(33(25-34)28-48)30-9-7-10-31(24-30)36-12-1-4-15-40(36)50-42-17-6-3-14-38(42)45-32(27-47)11-8-18-44(45)50/h1-25H. The Morgan fingerprint density at radius 2 is 1.06 bits per heavy atom. The molecule has 0 amide bonds. The van der Waals surface area contributed by atoms with E-state index in [9.17, 15) is 15.8 Å². The molecule has 50 heavy (non-hydrogen) atoms. The summed E-state index contributed by atoms with van der Waals surface area (Å²) in [6.07, 6.45) is 0. The van der Waals surface area contributed by atoms with Gasteiger partial charge in [0.25, 0.3) is 0 Å². The van der Waals surface area contributed by atoms with Gasteiger partial charge in [0.05, 0.1) is 62.7 Å². The molecule has 7 aromatic carbocycles. The Morgan fingerprint density at radius 1 is 0.400 bits per heavy atom. The van der Waals surface area contributed by atoms with Crippen LogP contribution in [-0.4, -0.2) is 9.13 Å². The quantitative estimate of drug-likeness (QED) is 0.193. The lowest BCUT2D eigenvalue weighted by atomic mass is 9.95. The third kappa shape index (κ3) is 4.31. The zero-order chi connectivity index (χ0) is 33.8. The Bertz CT molecular complexity index is 2970. The molecule has 0 unspecified atom stereocenters. The molecule has 0 atom stereocenters. The first-order valence-corrected chi connectivity index (χ1v) is 16.3. The van der Waals surface area contributed by atoms with Crippen molar-refractivity contribution < 1.29 is 0 Å². The number of nitrogens with zero attached hydrogens (tertiary/aromatic N) is 5. The van der Waals surface area contributed by atoms with Gasteiger partial charge in [0.15, 0.2) is 0 Å². The van der Waals surface area contributed by atoms with Gasteiger partial charge in [0.1, 0.15) is 0 Å². The van der Waals surface area contributed by atoms with Crippen LogP contribution in [0.3, 0.4) is 0 Å². The van der Waals surface area contributed by atoms with Crippen LogP contribution in [-0.2, 0) is 0 Å². The van der Waals surface area contributed by atoms with Crippen LogP contribution >= 0.6 is 0 Å². The van der Waals surface area contributed by atoms with Crippen molar-refractivity contribution in [2.24, 2.45) is 0 Å². The molecule has 0 spiro atoms. The van der Waals surface area contributed by atoms with Crippen molar-refractivity contribution in [2.45, 2.75) is 0 Å². The van der Waals surface area contributed by atoms with E-state index in [0.29, 0.717) is 16.7 Å². The Labute approximate surface area is 287 Å². The Morgan fingerprint density at radius 3 is 1.86 bits per heavy atom. The van der Waals surface area contributed by atoms with Crippen LogP contribution in [0.25, 0.3) is 77.2 Å². The minimum atomic E-state index is 0.568. The van der Waals surface area contributed by atoms with Gasteiger partial charge in [-0.15, -0.1) is 0 Å². The van der Waals surface area contributed by atoms with Gasteiger partial charge in [-0.1, -0.05) is 84.9 Å². The van der Waals surface area contributed by atoms with Crippen molar-refractivity contribution in [1.29, 1.82) is 15.8 Å². The number of hydrogen-bond acceptors (Lipinski definition) is 3. The summed E-state index contributed by atoms with van der Waals surface area (Å²) < 4.78 is 4.40. The maximum atomic E-state index is 10.5. The van der Waals surface area contributed by atoms with Gasteiger partial charge >= 0.3 is 0 Å². The Balaban J connectivity index is 1.19. The molecule has 0 saturated carbocycles. The smallest absolute Gasteiger partial charge is 0.0998 e. The molecule has 230 valence electrons. The van der Waals surface area contributed by atoms with Crippen LogP contribution < -0.4 is 0 Å². The average molecular weight is 636 g/mol. The first kappa shape index (κ1) is 28.8. The van der Waals surface area contributed by atoms with Gasteiger partial charge in [-0.2, -0.15) is 15.8 Å². The molecule has 0 aliphatic rings. The first-order chi connectivity index (χ1) is 24.7. The second kappa shape index (κ2) is 11.4. The fourth-order valence-electron chi connectivity index (χ4n) is 7.48. The molecule has 0 aliphatic carbocycles. The van der Waals surface area contributed by atoms with Gasteiger partial charge in [-0.3, -0.25) is 0 Å². The van der Waals surface area contributed by atoms with Crippen LogP contribution in [0, 0.1) is 34.0 Å². The van der Waals surface area contributed by atoms with E-state index in [1.54, 1.807) is 0 Å². The maximum Gasteiger partial charge on any atom is 0.0998 e. The van der Waals surface area contributed by atoms with Gasteiger partial charge in [0.2, 0.25) is 0 Å². The lowest BCUT2D eigenvalue weighted by Crippen LogP contribution is -1.98. The molecule has 2 aromatic heterocycles. The topological polar surface area (TPSA) is 81.2 Å². The molecular weight excluding hydrogens is 611 g/mol. The molecule has 9 aromatic rings. The fourth-order valence-corrected chi connectivity index (χ4v) is 7.48. The number of rotatable bonds is 4. The summed E-state index contributed by atoms with van der Waals surface area (Å²) in [5.41, 5.74) is 11.6. The minimum absolute atomic E-state index is 0.568. The van der Waals surface area contributed by atoms with Crippen molar-refractivity contribution in [3.05, 3.63) is 168 Å². The van der Waals surface area contributed by atoms with Crippen molar-refractivity contribution >= 4 is 43.6 Å². The van der Waals surface area contributed by atoms with E-state index < -0.39 is 0 Å². The summed E-state index contributed by atoms with van der Waals surface area (Å²) in [7, 11) is 0. The second-order valence-electron chi connectivity index (χ2n) is 12.3. The van der Waals surface area contributed by atoms with E-state index >= 15 is 0 Å². The predicted octanol–water partition coefficient (Wildman–Crippen LogP) is 10.8. The molecular formula is C45H25N5. The third-order valence-electron chi connectivity index (χ3n) is 9.63. The molecule has 0 bridgehead atoms. The van der Waals surface area contributed by atoms with Gasteiger partial charge in [0, 0.05) is 32.8 Å². The highest BCUT2D eigenvalue weighted by atomic mass is 15.0. The van der Waals surface area contributed by atoms with Crippen LogP contribution in [0.1, 0.15) is 16.7 Å². The van der Waals surface area contributed by atoms with Crippen LogP contribution in [0.2, 0.25) is 0 Å². The van der Waals surface area contributed by atoms with E-state index in [0.717, 1.165) is 77.2 Å². The molecule has 9 rings (SSSR count). The highest BCUT2D eigenvalue weighted by Gasteiger charge is 2.19. The highest BCUT2D eigenvalue weighted by molar-refractivity contribution is 6.12. The van der Waals surface area contributed by atoms with Crippen molar-refractivity contribution in [3.8, 4) is 51.8 Å². The number of aromatic nitrogens is 2. The summed E-state index contributed by atoms with van der Waals surface area (Å²) in [5.74, 6) is 0. The van der Waals surface area contributed by atoms with Gasteiger partial charge in [-0.05, 0) is 83.4 Å². The zero-order valence-corrected chi connectivity index (χ0v) is 26.7. The van der Waals surface area contributed by atoms with E-state index in [-0.39, 0.29) is 0 Å². The second-order valence-corrected chi connectivity index (χ2v) is 12.3. The first-order valence-electron chi connectivity index (χ1n) is 16.3. The van der Waals surface area contributed by atoms with Crippen LogP contribution in [0.15, 0.2) is 152 Å². The largest absolute Gasteiger partial charge is 0.309 e. The van der Waals surface area contributed by atoms with Crippen LogP contribution in [0.4, 0.5) is 0 Å². The SMILES string of the molecule is N#Cc1ccc2c(c1)c1ccccc1n2-c1ccc(-c2cccc(-c3ccccc3-n3c4ccccc4c4c(C#N)cccc43)c2)c(C#N)c1. The molecule has 0 N–H and O–H groups in total. The lowest BCUT2D eigenvalue weighted by molar-refractivity contribution is 1.18. The number of hydrogen-bond donors (Lipinski definition) is 0. The number of nitriles is 3. The summed E-state index contributed by atoms with van der Waals surface area (Å²) in [5, 5.41) is 34.0. The summed E-state index contributed by atoms with van der Waals surface area (Å²) in [6.45, 7) is 0. The van der Waals surface area contributed by atoms with E-state index in [2.05, 4.69) is 88.0 Å². The fraction of sp³-hybridized carbons (Fsp3) is 0. The molecule has 0 fully saturated rings. The van der Waals surface area contributed by atoms with E-state index in [1.807, 2.05) is 91.0 Å². The third-order valence-corrected chi connectivity index (χ3v) is 9.63. The Hall–Kier alpha value is -7.39. The summed E-state index contributed by atoms with van der Waals surface area (Å²) in [4.78, 5) is 0. The molecule has 0 aliphatic heterocycles. The Kier molecular flexibility index (Phi) is 6.56. The average Bonchev–Trinajstić information content (AvgIpc) is 3.70. The molecule has 0 radical (unpaired) electrons. The molecule has 0 saturated heterocycles. The minimum Gasteiger partial charge on any atom is -0.309 e. The van der Waals surface area contributed by atoms with E-state index in [1.165, 1.54) is 0 Å². The van der Waals surface area contributed by atoms with Crippen molar-refractivity contribution in [2.75, 3.05) is 0 Å². The highest BCUT2D eigenvalue weighted by Crippen LogP contribution is 2.39. The molecule has 2 heterocycles. The van der Waals surface area contributed by atoms with Gasteiger partial charge in [-0.25, -0.2) is 0 Å². The molecule has 5 heteroatoms. The zero-order valence-electron chi connectivity index (χ0n) is 26.7. The van der Waals surface area contributed by atoms with Crippen LogP contribution in [0.5, 0.6) is 0 Å². The van der Waals surface area contributed by atoms with Crippen molar-refractivity contribution in [3.63, 3.8) is 0 Å². The maximum absolute atomic E-state index is 10.5. The number of para-hydroxylation sites is 3. The predicted molar refractivity (Wildman–Crippen MR) is 200 cm³/mol. The number of fused-ring (bicyclic) bond motifs is 6. The lowest BCUT2D eigenvalue weighted by Gasteiger charge is -2.15.